The molecular weight excluding hydrogens is 222 g/mol. The number of nitrogens with zero attached hydrogens (tertiary/aromatic N) is 2. The molecule has 1 fully saturated rings. The molecule has 1 N–H and O–H groups in total. The summed E-state index contributed by atoms with van der Waals surface area (Å²) in [5.74, 6) is 0. The number of nitrogens with one attached hydrogen (secondary N) is 1. The summed E-state index contributed by atoms with van der Waals surface area (Å²) in [7, 11) is 4.31. The molecule has 0 saturated carbocycles. The third kappa shape index (κ3) is 3.55. The molecule has 0 aromatic heterocycles. The molecule has 1 aliphatic heterocycles. The number of likely N-dealkylation sites (N-methyl/N-ethyl adjacent to an activating group) is 1. The van der Waals surface area contributed by atoms with Crippen molar-refractivity contribution >= 4 is 0 Å². The Morgan fingerprint density at radius 3 is 2.67 bits per heavy atom. The molecule has 100 valence electrons. The van der Waals surface area contributed by atoms with Gasteiger partial charge in [-0.2, -0.15) is 0 Å². The van der Waals surface area contributed by atoms with Crippen molar-refractivity contribution in [3.63, 3.8) is 0 Å². The Kier molecular flexibility index (Phi) is 4.75. The first-order valence-electron chi connectivity index (χ1n) is 6.84. The van der Waals surface area contributed by atoms with E-state index in [1.165, 1.54) is 5.56 Å². The molecule has 0 unspecified atom stereocenters. The highest BCUT2D eigenvalue weighted by Gasteiger charge is 2.24. The zero-order valence-corrected chi connectivity index (χ0v) is 11.8. The standard InChI is InChI=1S/C15H25N3/c1-13-11-18(10-9-16-13)15(12-17(2)3)14-7-5-4-6-8-14/h4-8,13,15-16H,9-12H2,1-3H3/t13-,15+/m1/s1. The highest BCUT2D eigenvalue weighted by Crippen LogP contribution is 2.22. The second kappa shape index (κ2) is 6.32. The number of piperazine rings is 1. The van der Waals surface area contributed by atoms with E-state index >= 15 is 0 Å². The molecule has 1 aliphatic rings. The van der Waals surface area contributed by atoms with Gasteiger partial charge in [0.25, 0.3) is 0 Å². The topological polar surface area (TPSA) is 18.5 Å². The molecule has 3 nitrogen and oxygen atoms in total. The van der Waals surface area contributed by atoms with Crippen molar-refractivity contribution < 1.29 is 0 Å². The van der Waals surface area contributed by atoms with E-state index in [2.05, 4.69) is 66.5 Å². The van der Waals surface area contributed by atoms with Gasteiger partial charge in [0.2, 0.25) is 0 Å². The summed E-state index contributed by atoms with van der Waals surface area (Å²) in [5.41, 5.74) is 1.43. The summed E-state index contributed by atoms with van der Waals surface area (Å²) in [6.07, 6.45) is 0. The van der Waals surface area contributed by atoms with Gasteiger partial charge in [0.05, 0.1) is 0 Å². The molecule has 0 radical (unpaired) electrons. The van der Waals surface area contributed by atoms with E-state index in [-0.39, 0.29) is 0 Å². The minimum atomic E-state index is 0.505. The number of benzene rings is 1. The van der Waals surface area contributed by atoms with Crippen LogP contribution in [0.1, 0.15) is 18.5 Å². The summed E-state index contributed by atoms with van der Waals surface area (Å²) >= 11 is 0. The lowest BCUT2D eigenvalue weighted by atomic mass is 10.0. The molecule has 1 heterocycles. The summed E-state index contributed by atoms with van der Waals surface area (Å²) in [6.45, 7) is 6.71. The van der Waals surface area contributed by atoms with Crippen molar-refractivity contribution in [3.8, 4) is 0 Å². The maximum Gasteiger partial charge on any atom is 0.0476 e. The van der Waals surface area contributed by atoms with Crippen LogP contribution in [0.5, 0.6) is 0 Å². The number of rotatable bonds is 4. The summed E-state index contributed by atoms with van der Waals surface area (Å²) < 4.78 is 0. The Morgan fingerprint density at radius 2 is 2.06 bits per heavy atom. The van der Waals surface area contributed by atoms with Gasteiger partial charge in [0.1, 0.15) is 0 Å². The van der Waals surface area contributed by atoms with Crippen LogP contribution in [-0.4, -0.2) is 56.1 Å². The lowest BCUT2D eigenvalue weighted by Crippen LogP contribution is -2.51. The van der Waals surface area contributed by atoms with Crippen LogP contribution in [0.15, 0.2) is 30.3 Å². The van der Waals surface area contributed by atoms with Gasteiger partial charge < -0.3 is 10.2 Å². The molecule has 1 saturated heterocycles. The quantitative estimate of drug-likeness (QED) is 0.871. The Labute approximate surface area is 111 Å². The molecule has 0 aliphatic carbocycles. The van der Waals surface area contributed by atoms with Crippen molar-refractivity contribution in [2.45, 2.75) is 19.0 Å². The maximum atomic E-state index is 3.52. The van der Waals surface area contributed by atoms with Gasteiger partial charge in [0.15, 0.2) is 0 Å². The SMILES string of the molecule is C[C@@H]1CN([C@@H](CN(C)C)c2ccccc2)CCN1. The Morgan fingerprint density at radius 1 is 1.33 bits per heavy atom. The predicted molar refractivity (Wildman–Crippen MR) is 76.8 cm³/mol. The molecule has 0 spiro atoms. The van der Waals surface area contributed by atoms with Crippen LogP contribution < -0.4 is 5.32 Å². The Bertz CT molecular complexity index is 350. The van der Waals surface area contributed by atoms with Gasteiger partial charge in [0, 0.05) is 38.3 Å². The lowest BCUT2D eigenvalue weighted by molar-refractivity contribution is 0.125. The van der Waals surface area contributed by atoms with Crippen LogP contribution in [0.2, 0.25) is 0 Å². The first-order valence-corrected chi connectivity index (χ1v) is 6.84. The maximum absolute atomic E-state index is 3.52. The van der Waals surface area contributed by atoms with Crippen LogP contribution in [-0.2, 0) is 0 Å². The van der Waals surface area contributed by atoms with Gasteiger partial charge in [-0.1, -0.05) is 30.3 Å². The zero-order valence-electron chi connectivity index (χ0n) is 11.8. The van der Waals surface area contributed by atoms with E-state index in [0.29, 0.717) is 12.1 Å². The first kappa shape index (κ1) is 13.5. The monoisotopic (exact) mass is 247 g/mol. The average molecular weight is 247 g/mol. The molecule has 2 atom stereocenters. The molecule has 3 heteroatoms. The van der Waals surface area contributed by atoms with E-state index in [4.69, 9.17) is 0 Å². The van der Waals surface area contributed by atoms with Crippen LogP contribution in [0.25, 0.3) is 0 Å². The summed E-state index contributed by atoms with van der Waals surface area (Å²) in [6, 6.07) is 12.0. The Hall–Kier alpha value is -0.900. The van der Waals surface area contributed by atoms with E-state index < -0.39 is 0 Å². The number of hydrogen-bond acceptors (Lipinski definition) is 3. The van der Waals surface area contributed by atoms with Crippen molar-refractivity contribution in [1.29, 1.82) is 0 Å². The van der Waals surface area contributed by atoms with Crippen molar-refractivity contribution in [2.75, 3.05) is 40.3 Å². The van der Waals surface area contributed by atoms with Crippen LogP contribution in [0, 0.1) is 0 Å². The van der Waals surface area contributed by atoms with Crippen LogP contribution in [0.3, 0.4) is 0 Å². The zero-order chi connectivity index (χ0) is 13.0. The fraction of sp³-hybridized carbons (Fsp3) is 0.600. The lowest BCUT2D eigenvalue weighted by Gasteiger charge is -2.39. The van der Waals surface area contributed by atoms with E-state index in [1.54, 1.807) is 0 Å². The predicted octanol–water partition coefficient (Wildman–Crippen LogP) is 1.58. The fourth-order valence-electron chi connectivity index (χ4n) is 2.70. The molecule has 1 aromatic carbocycles. The molecule has 0 amide bonds. The molecule has 1 aromatic rings. The van der Waals surface area contributed by atoms with E-state index in [9.17, 15) is 0 Å². The fourth-order valence-corrected chi connectivity index (χ4v) is 2.70. The highest BCUT2D eigenvalue weighted by atomic mass is 15.2. The van der Waals surface area contributed by atoms with Crippen molar-refractivity contribution in [2.24, 2.45) is 0 Å². The molecule has 2 rings (SSSR count). The second-order valence-electron chi connectivity index (χ2n) is 5.54. The highest BCUT2D eigenvalue weighted by molar-refractivity contribution is 5.19. The third-order valence-corrected chi connectivity index (χ3v) is 3.56. The minimum Gasteiger partial charge on any atom is -0.312 e. The van der Waals surface area contributed by atoms with Gasteiger partial charge in [-0.3, -0.25) is 4.90 Å². The van der Waals surface area contributed by atoms with E-state index in [1.807, 2.05) is 0 Å². The molecular formula is C15H25N3. The first-order chi connectivity index (χ1) is 8.66. The molecule has 0 bridgehead atoms. The second-order valence-corrected chi connectivity index (χ2v) is 5.54. The van der Waals surface area contributed by atoms with Crippen molar-refractivity contribution in [1.82, 2.24) is 15.1 Å². The minimum absolute atomic E-state index is 0.505. The van der Waals surface area contributed by atoms with Crippen LogP contribution in [0.4, 0.5) is 0 Å². The third-order valence-electron chi connectivity index (χ3n) is 3.56. The smallest absolute Gasteiger partial charge is 0.0476 e. The van der Waals surface area contributed by atoms with Gasteiger partial charge in [-0.05, 0) is 26.6 Å². The van der Waals surface area contributed by atoms with Gasteiger partial charge in [-0.15, -0.1) is 0 Å². The largest absolute Gasteiger partial charge is 0.312 e. The van der Waals surface area contributed by atoms with Crippen molar-refractivity contribution in [3.05, 3.63) is 35.9 Å². The average Bonchev–Trinajstić information content (AvgIpc) is 2.37. The summed E-state index contributed by atoms with van der Waals surface area (Å²) in [5, 5.41) is 3.52. The Balaban J connectivity index is 2.14. The van der Waals surface area contributed by atoms with E-state index in [0.717, 1.165) is 26.2 Å². The molecule has 18 heavy (non-hydrogen) atoms. The number of hydrogen-bond donors (Lipinski definition) is 1. The van der Waals surface area contributed by atoms with Gasteiger partial charge in [-0.25, -0.2) is 0 Å². The summed E-state index contributed by atoms with van der Waals surface area (Å²) in [4.78, 5) is 4.89. The normalized spacial score (nSPS) is 23.2. The van der Waals surface area contributed by atoms with Gasteiger partial charge >= 0.3 is 0 Å². The van der Waals surface area contributed by atoms with Crippen LogP contribution >= 0.6 is 0 Å².